The van der Waals surface area contributed by atoms with Gasteiger partial charge in [-0.3, -0.25) is 4.40 Å². The molecule has 1 N–H and O–H groups in total. The summed E-state index contributed by atoms with van der Waals surface area (Å²) in [4.78, 5) is 15.4. The number of aromatic carboxylic acids is 1. The van der Waals surface area contributed by atoms with Crippen molar-refractivity contribution in [2.24, 2.45) is 10.2 Å². The van der Waals surface area contributed by atoms with Crippen molar-refractivity contribution in [3.63, 3.8) is 0 Å². The second-order valence-corrected chi connectivity index (χ2v) is 4.84. The average molecular weight is 310 g/mol. The lowest BCUT2D eigenvalue weighted by Crippen LogP contribution is -1.97. The van der Waals surface area contributed by atoms with Crippen LogP contribution in [0.5, 0.6) is 5.75 Å². The van der Waals surface area contributed by atoms with E-state index in [0.717, 1.165) is 0 Å². The van der Waals surface area contributed by atoms with Crippen molar-refractivity contribution >= 4 is 23.1 Å². The standard InChI is InChI=1S/C16H14N4O3/c1-10-15(19-18-12-5-3-4-6-13(12)23-2)20-8-7-11(16(21)22)9-14(20)17-10/h3-9H,1-2H3,(H,21,22). The zero-order valence-corrected chi connectivity index (χ0v) is 12.6. The Bertz CT molecular complexity index is 915. The van der Waals surface area contributed by atoms with E-state index in [1.54, 1.807) is 36.8 Å². The van der Waals surface area contributed by atoms with E-state index in [4.69, 9.17) is 9.84 Å². The molecular formula is C16H14N4O3. The summed E-state index contributed by atoms with van der Waals surface area (Å²) in [5, 5.41) is 17.5. The van der Waals surface area contributed by atoms with Crippen LogP contribution in [0.2, 0.25) is 0 Å². The molecule has 0 spiro atoms. The van der Waals surface area contributed by atoms with Gasteiger partial charge in [0.15, 0.2) is 5.82 Å². The third kappa shape index (κ3) is 2.76. The molecule has 23 heavy (non-hydrogen) atoms. The van der Waals surface area contributed by atoms with E-state index in [9.17, 15) is 4.79 Å². The number of fused-ring (bicyclic) bond motifs is 1. The molecule has 0 saturated carbocycles. The van der Waals surface area contributed by atoms with Crippen LogP contribution in [-0.2, 0) is 0 Å². The van der Waals surface area contributed by atoms with E-state index in [0.29, 0.717) is 28.6 Å². The Hall–Kier alpha value is -3.22. The summed E-state index contributed by atoms with van der Waals surface area (Å²) in [5.41, 5.74) is 1.95. The number of ether oxygens (including phenoxy) is 1. The van der Waals surface area contributed by atoms with Gasteiger partial charge in [-0.1, -0.05) is 12.1 Å². The van der Waals surface area contributed by atoms with Crippen LogP contribution >= 0.6 is 0 Å². The SMILES string of the molecule is COc1ccccc1N=Nc1c(C)nc2cc(C(=O)O)ccn12. The molecule has 0 unspecified atom stereocenters. The predicted octanol–water partition coefficient (Wildman–Crippen LogP) is 3.76. The molecule has 116 valence electrons. The van der Waals surface area contributed by atoms with Gasteiger partial charge in [0.2, 0.25) is 0 Å². The number of carbonyl (C=O) groups is 1. The van der Waals surface area contributed by atoms with Gasteiger partial charge in [-0.25, -0.2) is 9.78 Å². The van der Waals surface area contributed by atoms with Gasteiger partial charge in [-0.2, -0.15) is 0 Å². The number of hydrogen-bond donors (Lipinski definition) is 1. The van der Waals surface area contributed by atoms with Gasteiger partial charge in [0.05, 0.1) is 18.4 Å². The number of benzene rings is 1. The van der Waals surface area contributed by atoms with Crippen LogP contribution in [0.15, 0.2) is 52.8 Å². The number of hydrogen-bond acceptors (Lipinski definition) is 5. The fourth-order valence-corrected chi connectivity index (χ4v) is 2.22. The molecule has 3 aromatic rings. The van der Waals surface area contributed by atoms with Crippen LogP contribution in [0.3, 0.4) is 0 Å². The number of azo groups is 1. The summed E-state index contributed by atoms with van der Waals surface area (Å²) >= 11 is 0. The number of nitrogens with zero attached hydrogens (tertiary/aromatic N) is 4. The minimum atomic E-state index is -0.995. The van der Waals surface area contributed by atoms with Gasteiger partial charge in [0, 0.05) is 6.20 Å². The Morgan fingerprint density at radius 3 is 2.78 bits per heavy atom. The maximum atomic E-state index is 11.0. The summed E-state index contributed by atoms with van der Waals surface area (Å²) in [6, 6.07) is 10.3. The molecule has 7 heteroatoms. The highest BCUT2D eigenvalue weighted by molar-refractivity contribution is 5.88. The smallest absolute Gasteiger partial charge is 0.335 e. The highest BCUT2D eigenvalue weighted by Crippen LogP contribution is 2.29. The molecule has 0 aliphatic heterocycles. The second kappa shape index (κ2) is 5.88. The predicted molar refractivity (Wildman–Crippen MR) is 84.1 cm³/mol. The minimum Gasteiger partial charge on any atom is -0.494 e. The number of methoxy groups -OCH3 is 1. The number of para-hydroxylation sites is 1. The molecule has 0 radical (unpaired) electrons. The third-order valence-corrected chi connectivity index (χ3v) is 3.35. The zero-order valence-electron chi connectivity index (χ0n) is 12.6. The summed E-state index contributed by atoms with van der Waals surface area (Å²) < 4.78 is 6.93. The normalized spacial score (nSPS) is 11.2. The van der Waals surface area contributed by atoms with Gasteiger partial charge >= 0.3 is 5.97 Å². The van der Waals surface area contributed by atoms with Gasteiger partial charge in [-0.05, 0) is 31.2 Å². The summed E-state index contributed by atoms with van der Waals surface area (Å²) in [5.74, 6) is 0.170. The van der Waals surface area contributed by atoms with Gasteiger partial charge in [0.1, 0.15) is 17.1 Å². The molecule has 0 aliphatic rings. The van der Waals surface area contributed by atoms with Gasteiger partial charge in [0.25, 0.3) is 0 Å². The Balaban J connectivity index is 2.04. The molecular weight excluding hydrogens is 296 g/mol. The van der Waals surface area contributed by atoms with Crippen molar-refractivity contribution in [3.8, 4) is 5.75 Å². The van der Waals surface area contributed by atoms with E-state index in [2.05, 4.69) is 15.2 Å². The Morgan fingerprint density at radius 1 is 1.26 bits per heavy atom. The minimum absolute atomic E-state index is 0.177. The second-order valence-electron chi connectivity index (χ2n) is 4.84. The van der Waals surface area contributed by atoms with E-state index in [1.807, 2.05) is 12.1 Å². The van der Waals surface area contributed by atoms with E-state index >= 15 is 0 Å². The highest BCUT2D eigenvalue weighted by atomic mass is 16.5. The van der Waals surface area contributed by atoms with Gasteiger partial charge < -0.3 is 9.84 Å². The fourth-order valence-electron chi connectivity index (χ4n) is 2.22. The third-order valence-electron chi connectivity index (χ3n) is 3.35. The summed E-state index contributed by atoms with van der Waals surface area (Å²) in [6.45, 7) is 1.80. The van der Waals surface area contributed by atoms with E-state index in [-0.39, 0.29) is 5.56 Å². The zero-order chi connectivity index (χ0) is 16.4. The summed E-state index contributed by atoms with van der Waals surface area (Å²) in [6.07, 6.45) is 1.62. The van der Waals surface area contributed by atoms with E-state index < -0.39 is 5.97 Å². The topological polar surface area (TPSA) is 88.5 Å². The average Bonchev–Trinajstić information content (AvgIpc) is 2.87. The van der Waals surface area contributed by atoms with Crippen molar-refractivity contribution in [1.29, 1.82) is 0 Å². The molecule has 0 amide bonds. The quantitative estimate of drug-likeness (QED) is 0.743. The van der Waals surface area contributed by atoms with Crippen LogP contribution in [0.4, 0.5) is 11.5 Å². The number of carboxylic acid groups (broad SMARTS) is 1. The van der Waals surface area contributed by atoms with Gasteiger partial charge in [-0.15, -0.1) is 10.2 Å². The molecule has 1 aromatic carbocycles. The van der Waals surface area contributed by atoms with Crippen LogP contribution in [-0.4, -0.2) is 27.6 Å². The Kier molecular flexibility index (Phi) is 3.76. The van der Waals surface area contributed by atoms with Crippen LogP contribution < -0.4 is 4.74 Å². The van der Waals surface area contributed by atoms with Crippen molar-refractivity contribution in [1.82, 2.24) is 9.38 Å². The molecule has 3 rings (SSSR count). The lowest BCUT2D eigenvalue weighted by atomic mass is 10.3. The first-order valence-electron chi connectivity index (χ1n) is 6.87. The number of aromatic nitrogens is 2. The molecule has 7 nitrogen and oxygen atoms in total. The van der Waals surface area contributed by atoms with Crippen LogP contribution in [0.25, 0.3) is 5.65 Å². The monoisotopic (exact) mass is 310 g/mol. The first-order valence-corrected chi connectivity index (χ1v) is 6.87. The number of pyridine rings is 1. The van der Waals surface area contributed by atoms with Crippen molar-refractivity contribution < 1.29 is 14.6 Å². The molecule has 2 heterocycles. The molecule has 0 bridgehead atoms. The number of imidazole rings is 1. The lowest BCUT2D eigenvalue weighted by molar-refractivity contribution is 0.0697. The fraction of sp³-hybridized carbons (Fsp3) is 0.125. The maximum Gasteiger partial charge on any atom is 0.335 e. The number of rotatable bonds is 4. The Labute approximate surface area is 131 Å². The largest absolute Gasteiger partial charge is 0.494 e. The number of aryl methyl sites for hydroxylation is 1. The highest BCUT2D eigenvalue weighted by Gasteiger charge is 2.11. The molecule has 2 aromatic heterocycles. The molecule has 0 atom stereocenters. The molecule has 0 fully saturated rings. The van der Waals surface area contributed by atoms with Crippen molar-refractivity contribution in [2.45, 2.75) is 6.92 Å². The lowest BCUT2D eigenvalue weighted by Gasteiger charge is -2.02. The van der Waals surface area contributed by atoms with Crippen molar-refractivity contribution in [2.75, 3.05) is 7.11 Å². The first-order chi connectivity index (χ1) is 11.1. The summed E-state index contributed by atoms with van der Waals surface area (Å²) in [7, 11) is 1.57. The Morgan fingerprint density at radius 2 is 2.04 bits per heavy atom. The maximum absolute atomic E-state index is 11.0. The van der Waals surface area contributed by atoms with E-state index in [1.165, 1.54) is 12.1 Å². The van der Waals surface area contributed by atoms with Crippen molar-refractivity contribution in [3.05, 3.63) is 53.9 Å². The first kappa shape index (κ1) is 14.7. The molecule has 0 aliphatic carbocycles. The molecule has 0 saturated heterocycles. The number of carboxylic acids is 1. The van der Waals surface area contributed by atoms with Crippen LogP contribution in [0, 0.1) is 6.92 Å². The van der Waals surface area contributed by atoms with Crippen LogP contribution in [0.1, 0.15) is 16.1 Å².